The average Bonchev–Trinajstić information content (AvgIpc) is 2.99. The normalized spacial score (nSPS) is 13.7. The van der Waals surface area contributed by atoms with E-state index in [-0.39, 0.29) is 11.8 Å². The monoisotopic (exact) mass is 396 g/mol. The molecule has 2 amide bonds. The van der Waals surface area contributed by atoms with E-state index in [4.69, 9.17) is 5.26 Å². The van der Waals surface area contributed by atoms with Crippen LogP contribution in [-0.4, -0.2) is 11.8 Å². The lowest BCUT2D eigenvalue weighted by Gasteiger charge is -2.15. The van der Waals surface area contributed by atoms with Crippen LogP contribution in [0.15, 0.2) is 88.7 Å². The molecule has 3 aromatic rings. The van der Waals surface area contributed by atoms with Crippen LogP contribution in [0.5, 0.6) is 0 Å². The largest absolute Gasteiger partial charge is 0.272 e. The number of benzene rings is 3. The molecule has 4 rings (SSSR count). The number of amides is 2. The minimum atomic E-state index is -0.359. The Balaban J connectivity index is 1.80. The summed E-state index contributed by atoms with van der Waals surface area (Å²) in [5, 5.41) is 9.01. The second-order valence-electron chi connectivity index (χ2n) is 6.59. The summed E-state index contributed by atoms with van der Waals surface area (Å²) >= 11 is 1.29. The van der Waals surface area contributed by atoms with E-state index in [0.29, 0.717) is 27.3 Å². The van der Waals surface area contributed by atoms with Crippen molar-refractivity contribution in [3.05, 3.63) is 100 Å². The van der Waals surface area contributed by atoms with Gasteiger partial charge in [-0.25, -0.2) is 4.90 Å². The zero-order valence-corrected chi connectivity index (χ0v) is 16.4. The smallest absolute Gasteiger partial charge is 0.268 e. The lowest BCUT2D eigenvalue weighted by molar-refractivity contribution is -0.119. The molecule has 0 unspecified atom stereocenters. The molecule has 3 aromatic carbocycles. The summed E-state index contributed by atoms with van der Waals surface area (Å²) in [5.41, 5.74) is 3.11. The van der Waals surface area contributed by atoms with E-state index in [0.717, 1.165) is 10.5 Å². The van der Waals surface area contributed by atoms with Gasteiger partial charge in [-0.2, -0.15) is 5.26 Å². The third kappa shape index (κ3) is 3.58. The summed E-state index contributed by atoms with van der Waals surface area (Å²) in [6, 6.07) is 25.6. The molecule has 0 fully saturated rings. The van der Waals surface area contributed by atoms with Crippen LogP contribution in [-0.2, 0) is 9.59 Å². The van der Waals surface area contributed by atoms with Gasteiger partial charge >= 0.3 is 0 Å². The van der Waals surface area contributed by atoms with Crippen molar-refractivity contribution in [1.82, 2.24) is 0 Å². The molecule has 29 heavy (non-hydrogen) atoms. The summed E-state index contributed by atoms with van der Waals surface area (Å²) in [4.78, 5) is 29.1. The number of hydrogen-bond donors (Lipinski definition) is 0. The molecule has 0 radical (unpaired) electrons. The number of rotatable bonds is 4. The molecule has 140 valence electrons. The second kappa shape index (κ2) is 7.78. The third-order valence-corrected chi connectivity index (χ3v) is 5.69. The maximum atomic E-state index is 13.3. The summed E-state index contributed by atoms with van der Waals surface area (Å²) in [6.45, 7) is 1.97. The highest BCUT2D eigenvalue weighted by Gasteiger charge is 2.40. The minimum Gasteiger partial charge on any atom is -0.268 e. The summed E-state index contributed by atoms with van der Waals surface area (Å²) < 4.78 is 0. The van der Waals surface area contributed by atoms with Crippen molar-refractivity contribution in [3.63, 3.8) is 0 Å². The third-order valence-electron chi connectivity index (χ3n) is 4.60. The fourth-order valence-corrected chi connectivity index (χ4v) is 4.12. The Morgan fingerprint density at radius 1 is 0.828 bits per heavy atom. The van der Waals surface area contributed by atoms with Gasteiger partial charge in [0.15, 0.2) is 0 Å². The minimum absolute atomic E-state index is 0.357. The molecule has 0 N–H and O–H groups in total. The van der Waals surface area contributed by atoms with E-state index in [1.54, 1.807) is 24.3 Å². The van der Waals surface area contributed by atoms with Crippen LogP contribution in [0.3, 0.4) is 0 Å². The van der Waals surface area contributed by atoms with Crippen molar-refractivity contribution in [2.45, 2.75) is 11.8 Å². The summed E-state index contributed by atoms with van der Waals surface area (Å²) in [7, 11) is 0. The van der Waals surface area contributed by atoms with Gasteiger partial charge in [-0.05, 0) is 48.9 Å². The Hall–Kier alpha value is -3.62. The van der Waals surface area contributed by atoms with Crippen LogP contribution in [0.1, 0.15) is 16.7 Å². The van der Waals surface area contributed by atoms with Crippen LogP contribution in [0.25, 0.3) is 5.57 Å². The van der Waals surface area contributed by atoms with Gasteiger partial charge in [-0.1, -0.05) is 59.8 Å². The summed E-state index contributed by atoms with van der Waals surface area (Å²) in [6.07, 6.45) is 0. The Labute approximate surface area is 173 Å². The number of hydrogen-bond acceptors (Lipinski definition) is 4. The number of thioether (sulfide) groups is 1. The first kappa shape index (κ1) is 18.7. The Kier molecular flexibility index (Phi) is 5.03. The van der Waals surface area contributed by atoms with E-state index in [1.807, 2.05) is 67.6 Å². The lowest BCUT2D eigenvalue weighted by atomic mass is 10.0. The van der Waals surface area contributed by atoms with E-state index < -0.39 is 0 Å². The quantitative estimate of drug-likeness (QED) is 0.586. The van der Waals surface area contributed by atoms with Crippen molar-refractivity contribution in [2.24, 2.45) is 0 Å². The second-order valence-corrected chi connectivity index (χ2v) is 7.67. The molecule has 0 spiro atoms. The maximum absolute atomic E-state index is 13.3. The van der Waals surface area contributed by atoms with Gasteiger partial charge < -0.3 is 0 Å². The highest BCUT2D eigenvalue weighted by Crippen LogP contribution is 2.41. The van der Waals surface area contributed by atoms with Gasteiger partial charge in [0.2, 0.25) is 0 Å². The van der Waals surface area contributed by atoms with Crippen LogP contribution in [0, 0.1) is 18.3 Å². The van der Waals surface area contributed by atoms with Gasteiger partial charge in [0.05, 0.1) is 27.8 Å². The van der Waals surface area contributed by atoms with Crippen LogP contribution in [0.4, 0.5) is 5.69 Å². The van der Waals surface area contributed by atoms with Crippen molar-refractivity contribution in [1.29, 1.82) is 5.26 Å². The molecule has 0 aromatic heterocycles. The van der Waals surface area contributed by atoms with Crippen molar-refractivity contribution in [2.75, 3.05) is 4.90 Å². The summed E-state index contributed by atoms with van der Waals surface area (Å²) in [5.74, 6) is -0.717. The highest BCUT2D eigenvalue weighted by atomic mass is 32.2. The first-order chi connectivity index (χ1) is 14.1. The van der Waals surface area contributed by atoms with Crippen LogP contribution in [0.2, 0.25) is 0 Å². The molecule has 0 saturated heterocycles. The fraction of sp³-hybridized carbons (Fsp3) is 0.0417. The van der Waals surface area contributed by atoms with Crippen molar-refractivity contribution < 1.29 is 9.59 Å². The van der Waals surface area contributed by atoms with Crippen LogP contribution < -0.4 is 4.90 Å². The fourth-order valence-electron chi connectivity index (χ4n) is 3.11. The highest BCUT2D eigenvalue weighted by molar-refractivity contribution is 8.04. The Bertz CT molecular complexity index is 1160. The number of anilines is 1. The van der Waals surface area contributed by atoms with E-state index in [9.17, 15) is 9.59 Å². The van der Waals surface area contributed by atoms with Gasteiger partial charge in [-0.3, -0.25) is 9.59 Å². The molecule has 0 saturated carbocycles. The van der Waals surface area contributed by atoms with E-state index in [2.05, 4.69) is 0 Å². The first-order valence-electron chi connectivity index (χ1n) is 9.01. The average molecular weight is 396 g/mol. The molecule has 1 aliphatic rings. The molecule has 1 aliphatic heterocycles. The molecule has 4 nitrogen and oxygen atoms in total. The number of nitriles is 1. The number of carbonyl (C=O) groups excluding carboxylic acids is 2. The predicted molar refractivity (Wildman–Crippen MR) is 114 cm³/mol. The molecular formula is C24H16N2O2S. The van der Waals surface area contributed by atoms with Gasteiger partial charge in [-0.15, -0.1) is 0 Å². The maximum Gasteiger partial charge on any atom is 0.272 e. The molecule has 0 aliphatic carbocycles. The predicted octanol–water partition coefficient (Wildman–Crippen LogP) is 4.94. The van der Waals surface area contributed by atoms with E-state index >= 15 is 0 Å². The zero-order valence-electron chi connectivity index (χ0n) is 15.6. The lowest BCUT2D eigenvalue weighted by Crippen LogP contribution is -2.31. The number of imide groups is 1. The topological polar surface area (TPSA) is 61.2 Å². The number of aryl methyl sites for hydroxylation is 1. The van der Waals surface area contributed by atoms with Crippen molar-refractivity contribution in [3.8, 4) is 6.07 Å². The Morgan fingerprint density at radius 2 is 1.48 bits per heavy atom. The number of carbonyl (C=O) groups is 2. The van der Waals surface area contributed by atoms with Gasteiger partial charge in [0.1, 0.15) is 0 Å². The first-order valence-corrected chi connectivity index (χ1v) is 9.83. The van der Waals surface area contributed by atoms with Gasteiger partial charge in [0, 0.05) is 4.90 Å². The molecular weight excluding hydrogens is 380 g/mol. The standard InChI is InChI=1S/C24H16N2O2S/c1-16-7-11-18(12-8-16)21-22(29-20-5-3-2-4-6-20)24(28)26(23(21)27)19-13-9-17(15-25)10-14-19/h2-14H,1H3. The number of nitrogens with zero attached hydrogens (tertiary/aromatic N) is 2. The van der Waals surface area contributed by atoms with E-state index in [1.165, 1.54) is 16.7 Å². The molecule has 5 heteroatoms. The van der Waals surface area contributed by atoms with Crippen molar-refractivity contribution >= 4 is 34.8 Å². The van der Waals surface area contributed by atoms with Crippen LogP contribution >= 0.6 is 11.8 Å². The Morgan fingerprint density at radius 3 is 2.10 bits per heavy atom. The van der Waals surface area contributed by atoms with Gasteiger partial charge in [0.25, 0.3) is 11.8 Å². The molecule has 0 atom stereocenters. The SMILES string of the molecule is Cc1ccc(C2=C(Sc3ccccc3)C(=O)N(c3ccc(C#N)cc3)C2=O)cc1. The molecule has 0 bridgehead atoms. The molecule has 1 heterocycles. The zero-order chi connectivity index (χ0) is 20.4.